The zero-order valence-electron chi connectivity index (χ0n) is 26.0. The molecule has 230 valence electrons. The summed E-state index contributed by atoms with van der Waals surface area (Å²) >= 11 is 0. The minimum Gasteiger partial charge on any atom is -0.336 e. The molecular formula is C43H30N2O3. The number of rotatable bonds is 5. The Morgan fingerprint density at radius 3 is 1.54 bits per heavy atom. The highest BCUT2D eigenvalue weighted by Gasteiger charge is 2.57. The number of anilines is 2. The number of hydrogen-bond donors (Lipinski definition) is 0. The van der Waals surface area contributed by atoms with E-state index in [1.54, 1.807) is 4.90 Å². The number of aromatic nitrogens is 1. The van der Waals surface area contributed by atoms with Gasteiger partial charge in [-0.25, -0.2) is 4.98 Å². The molecule has 9 rings (SSSR count). The van der Waals surface area contributed by atoms with Gasteiger partial charge in [0.25, 0.3) is 11.7 Å². The van der Waals surface area contributed by atoms with Crippen LogP contribution in [0.3, 0.4) is 0 Å². The van der Waals surface area contributed by atoms with Crippen LogP contribution in [-0.2, 0) is 20.1 Å². The molecule has 0 saturated carbocycles. The highest BCUT2D eigenvalue weighted by molar-refractivity contribution is 6.24. The lowest BCUT2D eigenvalue weighted by molar-refractivity contribution is -0.180. The first-order valence-electron chi connectivity index (χ1n) is 16.2. The second-order valence-electron chi connectivity index (χ2n) is 12.0. The van der Waals surface area contributed by atoms with Gasteiger partial charge < -0.3 is 9.47 Å². The van der Waals surface area contributed by atoms with Crippen LogP contribution in [-0.4, -0.2) is 24.1 Å². The van der Waals surface area contributed by atoms with Gasteiger partial charge >= 0.3 is 0 Å². The molecule has 0 unspecified atom stereocenters. The summed E-state index contributed by atoms with van der Waals surface area (Å²) < 4.78 is 12.3. The Bertz CT molecular complexity index is 2300. The Labute approximate surface area is 278 Å². The van der Waals surface area contributed by atoms with Crippen LogP contribution in [0.5, 0.6) is 0 Å². The third kappa shape index (κ3) is 4.26. The summed E-state index contributed by atoms with van der Waals surface area (Å²) in [4.78, 5) is 21.5. The molecule has 0 N–H and O–H groups in total. The van der Waals surface area contributed by atoms with Gasteiger partial charge in [0.15, 0.2) is 0 Å². The van der Waals surface area contributed by atoms with Gasteiger partial charge in [-0.1, -0.05) is 140 Å². The fourth-order valence-electron chi connectivity index (χ4n) is 7.39. The number of para-hydroxylation sites is 1. The molecule has 2 aliphatic heterocycles. The van der Waals surface area contributed by atoms with Crippen molar-refractivity contribution in [1.82, 2.24) is 4.98 Å². The zero-order chi connectivity index (χ0) is 32.1. The normalized spacial score (nSPS) is 14.9. The molecule has 5 heteroatoms. The van der Waals surface area contributed by atoms with Gasteiger partial charge in [-0.3, -0.25) is 9.69 Å². The molecule has 2 aliphatic rings. The number of benzene rings is 6. The van der Waals surface area contributed by atoms with Gasteiger partial charge in [-0.15, -0.1) is 0 Å². The van der Waals surface area contributed by atoms with Crippen LogP contribution in [0.2, 0.25) is 0 Å². The first-order valence-corrected chi connectivity index (χ1v) is 16.2. The number of nitrogens with zero attached hydrogens (tertiary/aromatic N) is 2. The summed E-state index contributed by atoms with van der Waals surface area (Å²) in [5, 5.41) is 1.86. The van der Waals surface area contributed by atoms with Crippen LogP contribution >= 0.6 is 0 Å². The van der Waals surface area contributed by atoms with E-state index in [0.717, 1.165) is 55.3 Å². The first-order chi connectivity index (χ1) is 23.8. The van der Waals surface area contributed by atoms with E-state index in [1.807, 2.05) is 48.7 Å². The topological polar surface area (TPSA) is 51.7 Å². The molecule has 0 bridgehead atoms. The van der Waals surface area contributed by atoms with Crippen LogP contribution in [0.25, 0.3) is 55.3 Å². The van der Waals surface area contributed by atoms with E-state index >= 15 is 0 Å². The van der Waals surface area contributed by atoms with Crippen molar-refractivity contribution in [3.05, 3.63) is 163 Å². The molecule has 1 spiro atoms. The van der Waals surface area contributed by atoms with E-state index in [2.05, 4.69) is 109 Å². The summed E-state index contributed by atoms with van der Waals surface area (Å²) in [7, 11) is 0. The number of fused-ring (bicyclic) bond motifs is 3. The molecule has 0 atom stereocenters. The summed E-state index contributed by atoms with van der Waals surface area (Å²) in [6.07, 6.45) is 1.81. The van der Waals surface area contributed by atoms with Crippen LogP contribution < -0.4 is 4.90 Å². The fourth-order valence-corrected chi connectivity index (χ4v) is 7.39. The third-order valence-corrected chi connectivity index (χ3v) is 9.34. The van der Waals surface area contributed by atoms with Crippen molar-refractivity contribution >= 4 is 28.2 Å². The van der Waals surface area contributed by atoms with Gasteiger partial charge in [-0.2, -0.15) is 0 Å². The molecule has 6 aromatic carbocycles. The Balaban J connectivity index is 1.50. The maximum atomic E-state index is 14.7. The number of carbonyl (C=O) groups excluding carboxylic acids is 1. The lowest BCUT2D eigenvalue weighted by Crippen LogP contribution is -2.39. The van der Waals surface area contributed by atoms with Gasteiger partial charge in [0.2, 0.25) is 0 Å². The SMILES string of the molecule is O=C1N(c2nccc3c(-c4ccccc4)c(-c4ccccc4)c(-c4ccccc4)c(-c4ccccc4)c23)c2ccccc2C12OCCO2. The van der Waals surface area contributed by atoms with E-state index in [1.165, 1.54) is 0 Å². The van der Waals surface area contributed by atoms with E-state index in [9.17, 15) is 4.79 Å². The predicted octanol–water partition coefficient (Wildman–Crippen LogP) is 9.78. The van der Waals surface area contributed by atoms with Gasteiger partial charge in [-0.05, 0) is 56.5 Å². The summed E-state index contributed by atoms with van der Waals surface area (Å²) in [5.74, 6) is -1.26. The second kappa shape index (κ2) is 11.4. The molecule has 0 aliphatic carbocycles. The Morgan fingerprint density at radius 2 is 0.979 bits per heavy atom. The lowest BCUT2D eigenvalue weighted by atomic mass is 9.79. The van der Waals surface area contributed by atoms with Crippen molar-refractivity contribution in [2.24, 2.45) is 0 Å². The smallest absolute Gasteiger partial charge is 0.298 e. The molecule has 1 fully saturated rings. The predicted molar refractivity (Wildman–Crippen MR) is 191 cm³/mol. The molecule has 3 heterocycles. The molecule has 1 amide bonds. The standard InChI is InChI=1S/C43H30N2O3/c46-42-43(47-27-28-48-43)34-23-13-14-24-35(34)45(42)41-40-33(25-26-44-41)36(29-15-5-1-6-16-29)37(30-17-7-2-8-18-30)38(31-19-9-3-10-20-31)39(40)32-21-11-4-12-22-32/h1-26H,27-28H2. The number of hydrogen-bond acceptors (Lipinski definition) is 4. The van der Waals surface area contributed by atoms with Crippen LogP contribution in [0, 0.1) is 0 Å². The first kappa shape index (κ1) is 28.4. The maximum Gasteiger partial charge on any atom is 0.298 e. The molecule has 5 nitrogen and oxygen atoms in total. The van der Waals surface area contributed by atoms with Crippen LogP contribution in [0.4, 0.5) is 11.5 Å². The molecule has 1 aromatic heterocycles. The fraction of sp³-hybridized carbons (Fsp3) is 0.0698. The number of amides is 1. The minimum absolute atomic E-state index is 0.296. The third-order valence-electron chi connectivity index (χ3n) is 9.34. The van der Waals surface area contributed by atoms with Crippen molar-refractivity contribution in [3.8, 4) is 44.5 Å². The second-order valence-corrected chi connectivity index (χ2v) is 12.0. The van der Waals surface area contributed by atoms with Crippen LogP contribution in [0.1, 0.15) is 5.56 Å². The molecule has 0 radical (unpaired) electrons. The molecular weight excluding hydrogens is 592 g/mol. The Kier molecular flexibility index (Phi) is 6.75. The highest BCUT2D eigenvalue weighted by atomic mass is 16.7. The van der Waals surface area contributed by atoms with E-state index < -0.39 is 5.79 Å². The zero-order valence-corrected chi connectivity index (χ0v) is 26.0. The van der Waals surface area contributed by atoms with Crippen molar-refractivity contribution in [1.29, 1.82) is 0 Å². The monoisotopic (exact) mass is 622 g/mol. The highest BCUT2D eigenvalue weighted by Crippen LogP contribution is 2.55. The van der Waals surface area contributed by atoms with Crippen molar-refractivity contribution < 1.29 is 14.3 Å². The van der Waals surface area contributed by atoms with Gasteiger partial charge in [0.1, 0.15) is 5.82 Å². The number of pyridine rings is 1. The van der Waals surface area contributed by atoms with E-state index in [0.29, 0.717) is 30.3 Å². The quantitative estimate of drug-likeness (QED) is 0.192. The maximum absolute atomic E-state index is 14.7. The van der Waals surface area contributed by atoms with Gasteiger partial charge in [0.05, 0.1) is 18.9 Å². The summed E-state index contributed by atoms with van der Waals surface area (Å²) in [5.41, 5.74) is 9.91. The molecule has 1 saturated heterocycles. The van der Waals surface area contributed by atoms with Crippen molar-refractivity contribution in [3.63, 3.8) is 0 Å². The van der Waals surface area contributed by atoms with Crippen molar-refractivity contribution in [2.75, 3.05) is 18.1 Å². The Hall–Kier alpha value is -5.88. The average Bonchev–Trinajstić information content (AvgIpc) is 3.75. The minimum atomic E-state index is -1.50. The molecule has 7 aromatic rings. The van der Waals surface area contributed by atoms with Crippen LogP contribution in [0.15, 0.2) is 158 Å². The number of ether oxygens (including phenoxy) is 2. The van der Waals surface area contributed by atoms with Gasteiger partial charge in [0, 0.05) is 22.7 Å². The molecule has 48 heavy (non-hydrogen) atoms. The summed E-state index contributed by atoms with van der Waals surface area (Å²) in [6.45, 7) is 0.672. The average molecular weight is 623 g/mol. The van der Waals surface area contributed by atoms with E-state index in [-0.39, 0.29) is 5.91 Å². The summed E-state index contributed by atoms with van der Waals surface area (Å²) in [6, 6.07) is 51.8. The van der Waals surface area contributed by atoms with Crippen molar-refractivity contribution in [2.45, 2.75) is 5.79 Å². The van der Waals surface area contributed by atoms with E-state index in [4.69, 9.17) is 14.5 Å². The Morgan fingerprint density at radius 1 is 0.521 bits per heavy atom. The largest absolute Gasteiger partial charge is 0.336 e. The number of carbonyl (C=O) groups is 1. The lowest BCUT2D eigenvalue weighted by Gasteiger charge is -2.27.